The van der Waals surface area contributed by atoms with E-state index in [1.54, 1.807) is 0 Å². The highest BCUT2D eigenvalue weighted by Crippen LogP contribution is 2.36. The standard InChI is InChI=1S/C16H24BrN/c1-4-12-10-13(17)7-8-15(12)18-14-6-5-9-16(2,3)11-14/h7-8,10,14,18H,4-6,9,11H2,1-3H3. The summed E-state index contributed by atoms with van der Waals surface area (Å²) in [4.78, 5) is 0. The summed E-state index contributed by atoms with van der Waals surface area (Å²) in [6.45, 7) is 7.00. The summed E-state index contributed by atoms with van der Waals surface area (Å²) >= 11 is 3.55. The molecule has 1 aromatic carbocycles. The van der Waals surface area contributed by atoms with Crippen LogP contribution in [0, 0.1) is 5.41 Å². The van der Waals surface area contributed by atoms with Crippen LogP contribution in [0.3, 0.4) is 0 Å². The highest BCUT2D eigenvalue weighted by molar-refractivity contribution is 9.10. The van der Waals surface area contributed by atoms with Crippen LogP contribution < -0.4 is 5.32 Å². The van der Waals surface area contributed by atoms with Gasteiger partial charge in [0.1, 0.15) is 0 Å². The van der Waals surface area contributed by atoms with Crippen LogP contribution in [-0.2, 0) is 6.42 Å². The molecule has 1 aliphatic carbocycles. The van der Waals surface area contributed by atoms with E-state index in [9.17, 15) is 0 Å². The Bertz CT molecular complexity index is 412. The fourth-order valence-corrected chi connectivity index (χ4v) is 3.45. The molecule has 1 nitrogen and oxygen atoms in total. The lowest BCUT2D eigenvalue weighted by molar-refractivity contribution is 0.229. The van der Waals surface area contributed by atoms with E-state index in [-0.39, 0.29) is 0 Å². The minimum absolute atomic E-state index is 0.498. The van der Waals surface area contributed by atoms with Gasteiger partial charge in [-0.1, -0.05) is 43.1 Å². The molecule has 1 N–H and O–H groups in total. The van der Waals surface area contributed by atoms with Crippen molar-refractivity contribution in [3.05, 3.63) is 28.2 Å². The van der Waals surface area contributed by atoms with Gasteiger partial charge in [-0.3, -0.25) is 0 Å². The van der Waals surface area contributed by atoms with E-state index in [2.05, 4.69) is 60.2 Å². The molecule has 0 aromatic heterocycles. The zero-order chi connectivity index (χ0) is 13.2. The highest BCUT2D eigenvalue weighted by Gasteiger charge is 2.27. The fraction of sp³-hybridized carbons (Fsp3) is 0.625. The molecule has 0 amide bonds. The molecule has 2 rings (SSSR count). The number of aryl methyl sites for hydroxylation is 1. The van der Waals surface area contributed by atoms with Crippen LogP contribution in [0.15, 0.2) is 22.7 Å². The smallest absolute Gasteiger partial charge is 0.0375 e. The Hall–Kier alpha value is -0.500. The molecule has 1 saturated carbocycles. The number of nitrogens with one attached hydrogen (secondary N) is 1. The van der Waals surface area contributed by atoms with Crippen molar-refractivity contribution < 1.29 is 0 Å². The lowest BCUT2D eigenvalue weighted by Crippen LogP contribution is -2.32. The maximum absolute atomic E-state index is 3.76. The predicted molar refractivity (Wildman–Crippen MR) is 83.2 cm³/mol. The van der Waals surface area contributed by atoms with Gasteiger partial charge in [-0.15, -0.1) is 0 Å². The molecule has 1 fully saturated rings. The van der Waals surface area contributed by atoms with Gasteiger partial charge >= 0.3 is 0 Å². The Labute approximate surface area is 119 Å². The average molecular weight is 310 g/mol. The molecule has 1 atom stereocenters. The molecule has 0 radical (unpaired) electrons. The van der Waals surface area contributed by atoms with E-state index in [1.165, 1.54) is 41.4 Å². The third-order valence-electron chi connectivity index (χ3n) is 4.01. The van der Waals surface area contributed by atoms with Crippen LogP contribution in [0.1, 0.15) is 52.0 Å². The third-order valence-corrected chi connectivity index (χ3v) is 4.51. The minimum atomic E-state index is 0.498. The number of anilines is 1. The van der Waals surface area contributed by atoms with Crippen LogP contribution in [0.4, 0.5) is 5.69 Å². The summed E-state index contributed by atoms with van der Waals surface area (Å²) in [5, 5.41) is 3.76. The van der Waals surface area contributed by atoms with Crippen molar-refractivity contribution in [2.45, 2.75) is 58.9 Å². The van der Waals surface area contributed by atoms with Crippen molar-refractivity contribution in [1.82, 2.24) is 0 Å². The van der Waals surface area contributed by atoms with Gasteiger partial charge in [0.2, 0.25) is 0 Å². The molecule has 0 bridgehead atoms. The van der Waals surface area contributed by atoms with E-state index in [0.29, 0.717) is 11.5 Å². The summed E-state index contributed by atoms with van der Waals surface area (Å²) in [6, 6.07) is 7.22. The maximum atomic E-state index is 3.76. The number of hydrogen-bond acceptors (Lipinski definition) is 1. The first-order valence-electron chi connectivity index (χ1n) is 7.05. The molecule has 100 valence electrons. The van der Waals surface area contributed by atoms with Gasteiger partial charge in [-0.2, -0.15) is 0 Å². The second-order valence-electron chi connectivity index (χ2n) is 6.26. The molecular weight excluding hydrogens is 286 g/mol. The Balaban J connectivity index is 2.09. The molecule has 0 spiro atoms. The summed E-state index contributed by atoms with van der Waals surface area (Å²) in [7, 11) is 0. The third kappa shape index (κ3) is 3.50. The van der Waals surface area contributed by atoms with Crippen molar-refractivity contribution in [1.29, 1.82) is 0 Å². The highest BCUT2D eigenvalue weighted by atomic mass is 79.9. The second kappa shape index (κ2) is 5.64. The number of hydrogen-bond donors (Lipinski definition) is 1. The topological polar surface area (TPSA) is 12.0 Å². The number of halogens is 1. The normalized spacial score (nSPS) is 22.8. The second-order valence-corrected chi connectivity index (χ2v) is 7.17. The molecule has 1 unspecified atom stereocenters. The first-order valence-corrected chi connectivity index (χ1v) is 7.84. The van der Waals surface area contributed by atoms with Gasteiger partial charge in [0.25, 0.3) is 0 Å². The average Bonchev–Trinajstić information content (AvgIpc) is 2.30. The van der Waals surface area contributed by atoms with Crippen LogP contribution in [-0.4, -0.2) is 6.04 Å². The maximum Gasteiger partial charge on any atom is 0.0375 e. The Morgan fingerprint density at radius 2 is 2.17 bits per heavy atom. The largest absolute Gasteiger partial charge is 0.382 e. The molecule has 0 aliphatic heterocycles. The molecule has 0 heterocycles. The van der Waals surface area contributed by atoms with E-state index in [0.717, 1.165) is 6.42 Å². The number of benzene rings is 1. The van der Waals surface area contributed by atoms with Crippen molar-refractivity contribution in [3.8, 4) is 0 Å². The van der Waals surface area contributed by atoms with Crippen LogP contribution in [0.5, 0.6) is 0 Å². The summed E-state index contributed by atoms with van der Waals surface area (Å²) in [6.07, 6.45) is 6.39. The zero-order valence-electron chi connectivity index (χ0n) is 11.7. The minimum Gasteiger partial charge on any atom is -0.382 e. The number of rotatable bonds is 3. The van der Waals surface area contributed by atoms with Gasteiger partial charge in [0.15, 0.2) is 0 Å². The molecule has 1 aliphatic rings. The van der Waals surface area contributed by atoms with Gasteiger partial charge in [0, 0.05) is 16.2 Å². The molecule has 18 heavy (non-hydrogen) atoms. The molecule has 1 aromatic rings. The molecule has 2 heteroatoms. The zero-order valence-corrected chi connectivity index (χ0v) is 13.3. The summed E-state index contributed by atoms with van der Waals surface area (Å²) in [5.74, 6) is 0. The first-order chi connectivity index (χ1) is 8.50. The summed E-state index contributed by atoms with van der Waals surface area (Å²) < 4.78 is 1.17. The van der Waals surface area contributed by atoms with Gasteiger partial charge in [-0.05, 0) is 54.9 Å². The van der Waals surface area contributed by atoms with Crippen molar-refractivity contribution >= 4 is 21.6 Å². The quantitative estimate of drug-likeness (QED) is 0.789. The van der Waals surface area contributed by atoms with E-state index >= 15 is 0 Å². The molecular formula is C16H24BrN. The Morgan fingerprint density at radius 1 is 1.39 bits per heavy atom. The monoisotopic (exact) mass is 309 g/mol. The van der Waals surface area contributed by atoms with E-state index in [4.69, 9.17) is 0 Å². The predicted octanol–water partition coefficient (Wildman–Crippen LogP) is 5.39. The van der Waals surface area contributed by atoms with Crippen molar-refractivity contribution in [3.63, 3.8) is 0 Å². The fourth-order valence-electron chi connectivity index (χ4n) is 3.04. The molecule has 0 saturated heterocycles. The Kier molecular flexibility index (Phi) is 4.37. The SMILES string of the molecule is CCc1cc(Br)ccc1NC1CCCC(C)(C)C1. The van der Waals surface area contributed by atoms with Gasteiger partial charge < -0.3 is 5.32 Å². The van der Waals surface area contributed by atoms with Crippen LogP contribution in [0.2, 0.25) is 0 Å². The Morgan fingerprint density at radius 3 is 2.83 bits per heavy atom. The van der Waals surface area contributed by atoms with Gasteiger partial charge in [0.05, 0.1) is 0 Å². The van der Waals surface area contributed by atoms with E-state index in [1.807, 2.05) is 0 Å². The van der Waals surface area contributed by atoms with Gasteiger partial charge in [-0.25, -0.2) is 0 Å². The van der Waals surface area contributed by atoms with Crippen molar-refractivity contribution in [2.24, 2.45) is 5.41 Å². The van der Waals surface area contributed by atoms with E-state index < -0.39 is 0 Å². The first kappa shape index (κ1) is 13.9. The van der Waals surface area contributed by atoms with Crippen molar-refractivity contribution in [2.75, 3.05) is 5.32 Å². The van der Waals surface area contributed by atoms with Crippen LogP contribution in [0.25, 0.3) is 0 Å². The summed E-state index contributed by atoms with van der Waals surface area (Å²) in [5.41, 5.74) is 3.23. The lowest BCUT2D eigenvalue weighted by Gasteiger charge is -2.36. The van der Waals surface area contributed by atoms with Crippen LogP contribution >= 0.6 is 15.9 Å². The lowest BCUT2D eigenvalue weighted by atomic mass is 9.75.